The molecule has 3 rings (SSSR count). The summed E-state index contributed by atoms with van der Waals surface area (Å²) in [7, 11) is -3.65. The maximum absolute atomic E-state index is 12.2. The van der Waals surface area contributed by atoms with E-state index >= 15 is 0 Å². The number of aryl methyl sites for hydroxylation is 1. The lowest BCUT2D eigenvalue weighted by Crippen LogP contribution is -2.25. The molecule has 2 heterocycles. The molecular weight excluding hydrogens is 300 g/mol. The summed E-state index contributed by atoms with van der Waals surface area (Å²) < 4.78 is 28.9. The van der Waals surface area contributed by atoms with Crippen LogP contribution in [0.4, 0.5) is 0 Å². The van der Waals surface area contributed by atoms with Crippen LogP contribution in [0, 0.1) is 0 Å². The highest BCUT2D eigenvalue weighted by atomic mass is 35.5. The lowest BCUT2D eigenvalue weighted by molar-refractivity contribution is 0.575. The van der Waals surface area contributed by atoms with Crippen molar-refractivity contribution in [3.05, 3.63) is 40.9 Å². The van der Waals surface area contributed by atoms with Gasteiger partial charge in [0.25, 0.3) is 0 Å². The average Bonchev–Trinajstić information content (AvgIpc) is 3.00. The quantitative estimate of drug-likeness (QED) is 0.924. The third-order valence-corrected chi connectivity index (χ3v) is 5.13. The van der Waals surface area contributed by atoms with Gasteiger partial charge in [0.05, 0.1) is 11.6 Å². The van der Waals surface area contributed by atoms with Crippen LogP contribution in [-0.2, 0) is 29.5 Å². The number of rotatable bonds is 4. The van der Waals surface area contributed by atoms with Crippen LogP contribution in [0.15, 0.2) is 29.2 Å². The van der Waals surface area contributed by atoms with E-state index in [1.54, 1.807) is 18.2 Å². The van der Waals surface area contributed by atoms with Crippen LogP contribution in [-0.4, -0.2) is 23.2 Å². The van der Waals surface area contributed by atoms with Gasteiger partial charge in [0, 0.05) is 13.0 Å². The minimum atomic E-state index is -3.65. The molecule has 0 radical (unpaired) electrons. The number of nitrogens with zero attached hydrogens (tertiary/aromatic N) is 3. The maximum Gasteiger partial charge on any atom is 0.242 e. The van der Waals surface area contributed by atoms with Gasteiger partial charge in [-0.25, -0.2) is 13.1 Å². The van der Waals surface area contributed by atoms with Crippen LogP contribution in [0.3, 0.4) is 0 Å². The summed E-state index contributed by atoms with van der Waals surface area (Å²) in [6, 6.07) is 6.34. The van der Waals surface area contributed by atoms with Gasteiger partial charge in [-0.05, 0) is 18.6 Å². The zero-order chi connectivity index (χ0) is 14.2. The van der Waals surface area contributed by atoms with E-state index in [0.717, 1.165) is 25.2 Å². The Hall–Kier alpha value is -1.44. The summed E-state index contributed by atoms with van der Waals surface area (Å²) in [6.07, 6.45) is 1.92. The van der Waals surface area contributed by atoms with Gasteiger partial charge in [-0.3, -0.25) is 0 Å². The Kier molecular flexibility index (Phi) is 3.49. The summed E-state index contributed by atoms with van der Waals surface area (Å²) in [4.78, 5) is 0.0721. The van der Waals surface area contributed by atoms with Crippen LogP contribution in [0.5, 0.6) is 0 Å². The Bertz CT molecular complexity index is 742. The van der Waals surface area contributed by atoms with Gasteiger partial charge in [-0.1, -0.05) is 23.7 Å². The molecule has 0 atom stereocenters. The first-order valence-electron chi connectivity index (χ1n) is 6.23. The first-order valence-corrected chi connectivity index (χ1v) is 8.09. The lowest BCUT2D eigenvalue weighted by Gasteiger charge is -2.08. The second kappa shape index (κ2) is 5.16. The van der Waals surface area contributed by atoms with E-state index in [4.69, 9.17) is 11.6 Å². The van der Waals surface area contributed by atoms with Gasteiger partial charge in [0.2, 0.25) is 10.0 Å². The summed E-state index contributed by atoms with van der Waals surface area (Å²) in [6.45, 7) is 0.950. The second-order valence-electron chi connectivity index (χ2n) is 4.54. The van der Waals surface area contributed by atoms with E-state index in [1.165, 1.54) is 6.07 Å². The van der Waals surface area contributed by atoms with Crippen LogP contribution in [0.1, 0.15) is 18.1 Å². The first kappa shape index (κ1) is 13.5. The van der Waals surface area contributed by atoms with Gasteiger partial charge in [-0.2, -0.15) is 0 Å². The first-order chi connectivity index (χ1) is 9.58. The van der Waals surface area contributed by atoms with Crippen LogP contribution >= 0.6 is 11.6 Å². The van der Waals surface area contributed by atoms with Crippen molar-refractivity contribution < 1.29 is 8.42 Å². The number of benzene rings is 1. The Morgan fingerprint density at radius 3 is 2.90 bits per heavy atom. The average molecular weight is 313 g/mol. The normalized spacial score (nSPS) is 14.4. The number of hydrogen-bond acceptors (Lipinski definition) is 4. The zero-order valence-corrected chi connectivity index (χ0v) is 12.2. The number of sulfonamides is 1. The minimum absolute atomic E-state index is 0.0721. The highest BCUT2D eigenvalue weighted by Crippen LogP contribution is 2.20. The highest BCUT2D eigenvalue weighted by Gasteiger charge is 2.21. The molecule has 0 saturated carbocycles. The molecule has 1 aromatic heterocycles. The number of fused-ring (bicyclic) bond motifs is 1. The number of hydrogen-bond donors (Lipinski definition) is 1. The van der Waals surface area contributed by atoms with Crippen LogP contribution < -0.4 is 4.72 Å². The fraction of sp³-hybridized carbons (Fsp3) is 0.333. The third kappa shape index (κ3) is 2.44. The van der Waals surface area contributed by atoms with Gasteiger partial charge in [-0.15, -0.1) is 10.2 Å². The largest absolute Gasteiger partial charge is 0.314 e. The summed E-state index contributed by atoms with van der Waals surface area (Å²) in [5.74, 6) is 1.55. The van der Waals surface area contributed by atoms with E-state index in [-0.39, 0.29) is 16.5 Å². The molecule has 0 spiro atoms. The van der Waals surface area contributed by atoms with Crippen molar-refractivity contribution in [3.8, 4) is 0 Å². The van der Waals surface area contributed by atoms with E-state index in [0.29, 0.717) is 5.82 Å². The molecule has 106 valence electrons. The fourth-order valence-corrected chi connectivity index (χ4v) is 3.74. The van der Waals surface area contributed by atoms with E-state index < -0.39 is 10.0 Å². The van der Waals surface area contributed by atoms with Crippen molar-refractivity contribution in [1.82, 2.24) is 19.5 Å². The van der Waals surface area contributed by atoms with Crippen molar-refractivity contribution in [2.24, 2.45) is 0 Å². The molecule has 1 aliphatic rings. The van der Waals surface area contributed by atoms with E-state index in [2.05, 4.69) is 14.9 Å². The molecule has 0 saturated heterocycles. The molecule has 2 aromatic rings. The molecule has 1 N–H and O–H groups in total. The molecule has 1 aliphatic heterocycles. The van der Waals surface area contributed by atoms with Crippen LogP contribution in [0.25, 0.3) is 0 Å². The SMILES string of the molecule is O=S(=O)(NCc1nnc2n1CCC2)c1ccccc1Cl. The standard InChI is InChI=1S/C12H13ClN4O2S/c13-9-4-1-2-5-10(9)20(18,19)14-8-12-16-15-11-6-3-7-17(11)12/h1-2,4-5,14H,3,6-8H2. The molecule has 0 fully saturated rings. The predicted molar refractivity (Wildman–Crippen MR) is 73.8 cm³/mol. The molecule has 6 nitrogen and oxygen atoms in total. The van der Waals surface area contributed by atoms with Crippen molar-refractivity contribution in [2.75, 3.05) is 0 Å². The number of halogens is 1. The molecule has 8 heteroatoms. The summed E-state index contributed by atoms with van der Waals surface area (Å²) in [5, 5.41) is 8.25. The van der Waals surface area contributed by atoms with Crippen LogP contribution in [0.2, 0.25) is 5.02 Å². The number of nitrogens with one attached hydrogen (secondary N) is 1. The Morgan fingerprint density at radius 1 is 1.30 bits per heavy atom. The Labute approximate surface area is 121 Å². The maximum atomic E-state index is 12.2. The monoisotopic (exact) mass is 312 g/mol. The minimum Gasteiger partial charge on any atom is -0.314 e. The van der Waals surface area contributed by atoms with Gasteiger partial charge >= 0.3 is 0 Å². The van der Waals surface area contributed by atoms with E-state index in [1.807, 2.05) is 4.57 Å². The summed E-state index contributed by atoms with van der Waals surface area (Å²) >= 11 is 5.91. The van der Waals surface area contributed by atoms with Gasteiger partial charge in [0.15, 0.2) is 0 Å². The number of aromatic nitrogens is 3. The Morgan fingerprint density at radius 2 is 2.10 bits per heavy atom. The van der Waals surface area contributed by atoms with Crippen molar-refractivity contribution in [2.45, 2.75) is 30.8 Å². The Balaban J connectivity index is 1.79. The molecule has 20 heavy (non-hydrogen) atoms. The third-order valence-electron chi connectivity index (χ3n) is 3.23. The van der Waals surface area contributed by atoms with Crippen molar-refractivity contribution in [1.29, 1.82) is 0 Å². The molecule has 1 aromatic carbocycles. The summed E-state index contributed by atoms with van der Waals surface area (Å²) in [5.41, 5.74) is 0. The predicted octanol–water partition coefficient (Wildman–Crippen LogP) is 1.36. The van der Waals surface area contributed by atoms with Gasteiger partial charge < -0.3 is 4.57 Å². The molecule has 0 amide bonds. The van der Waals surface area contributed by atoms with Crippen molar-refractivity contribution >= 4 is 21.6 Å². The topological polar surface area (TPSA) is 76.9 Å². The zero-order valence-electron chi connectivity index (χ0n) is 10.6. The molecule has 0 aliphatic carbocycles. The molecule has 0 bridgehead atoms. The molecule has 0 unspecified atom stereocenters. The van der Waals surface area contributed by atoms with Crippen molar-refractivity contribution in [3.63, 3.8) is 0 Å². The van der Waals surface area contributed by atoms with E-state index in [9.17, 15) is 8.42 Å². The highest BCUT2D eigenvalue weighted by molar-refractivity contribution is 7.89. The molecular formula is C12H13ClN4O2S. The van der Waals surface area contributed by atoms with Gasteiger partial charge in [0.1, 0.15) is 16.5 Å². The smallest absolute Gasteiger partial charge is 0.242 e. The lowest BCUT2D eigenvalue weighted by atomic mass is 10.4. The fourth-order valence-electron chi connectivity index (χ4n) is 2.24. The second-order valence-corrected chi connectivity index (χ2v) is 6.69.